The number of nitrogens with zero attached hydrogens (tertiary/aromatic N) is 1. The molecule has 1 heterocycles. The molecule has 0 N–H and O–H groups in total. The van der Waals surface area contributed by atoms with Gasteiger partial charge in [-0.3, -0.25) is 4.79 Å². The Hall–Kier alpha value is -3.40. The third-order valence-corrected chi connectivity index (χ3v) is 4.37. The molecule has 0 fully saturated rings. The molecular formula is C22H16FNO2. The van der Waals surface area contributed by atoms with Crippen molar-refractivity contribution >= 4 is 10.9 Å². The predicted octanol–water partition coefficient (Wildman–Crippen LogP) is 4.81. The molecule has 128 valence electrons. The van der Waals surface area contributed by atoms with E-state index in [4.69, 9.17) is 4.74 Å². The summed E-state index contributed by atoms with van der Waals surface area (Å²) >= 11 is 0. The molecule has 0 aliphatic heterocycles. The normalized spacial score (nSPS) is 10.8. The Morgan fingerprint density at radius 2 is 1.65 bits per heavy atom. The lowest BCUT2D eigenvalue weighted by Gasteiger charge is -2.18. The van der Waals surface area contributed by atoms with Crippen molar-refractivity contribution in [3.05, 3.63) is 94.9 Å². The van der Waals surface area contributed by atoms with Crippen molar-refractivity contribution < 1.29 is 9.13 Å². The standard InChI is InChI=1S/C22H16FNO2/c1-26-18-6-4-5-15(13-18)21-14-22(25)19-7-2-3-8-20(19)24(21)17-11-9-16(23)10-12-17/h2-14H,1H3. The van der Waals surface area contributed by atoms with Crippen molar-refractivity contribution in [2.75, 3.05) is 7.11 Å². The number of hydrogen-bond acceptors (Lipinski definition) is 2. The number of ether oxygens (including phenoxy) is 1. The van der Waals surface area contributed by atoms with Crippen LogP contribution in [0.3, 0.4) is 0 Å². The zero-order valence-corrected chi connectivity index (χ0v) is 14.1. The van der Waals surface area contributed by atoms with Crippen LogP contribution in [0.25, 0.3) is 27.8 Å². The Bertz CT molecular complexity index is 1150. The van der Waals surface area contributed by atoms with Crippen LogP contribution in [0, 0.1) is 5.82 Å². The minimum Gasteiger partial charge on any atom is -0.497 e. The Morgan fingerprint density at radius 1 is 0.885 bits per heavy atom. The minimum absolute atomic E-state index is 0.0585. The second-order valence-electron chi connectivity index (χ2n) is 5.95. The van der Waals surface area contributed by atoms with Crippen LogP contribution in [0.15, 0.2) is 83.7 Å². The summed E-state index contributed by atoms with van der Waals surface area (Å²) in [6.07, 6.45) is 0. The molecule has 0 saturated heterocycles. The van der Waals surface area contributed by atoms with Crippen LogP contribution in [0.1, 0.15) is 0 Å². The SMILES string of the molecule is COc1cccc(-c2cc(=O)c3ccccc3n2-c2ccc(F)cc2)c1. The molecule has 0 aliphatic carbocycles. The predicted molar refractivity (Wildman–Crippen MR) is 101 cm³/mol. The number of halogens is 1. The Balaban J connectivity index is 2.10. The van der Waals surface area contributed by atoms with E-state index in [-0.39, 0.29) is 11.2 Å². The third-order valence-electron chi connectivity index (χ3n) is 4.37. The first kappa shape index (κ1) is 16.1. The minimum atomic E-state index is -0.304. The number of methoxy groups -OCH3 is 1. The van der Waals surface area contributed by atoms with E-state index in [2.05, 4.69) is 0 Å². The highest BCUT2D eigenvalue weighted by Gasteiger charge is 2.13. The molecule has 3 nitrogen and oxygen atoms in total. The highest BCUT2D eigenvalue weighted by atomic mass is 19.1. The van der Waals surface area contributed by atoms with Crippen molar-refractivity contribution in [2.45, 2.75) is 0 Å². The lowest BCUT2D eigenvalue weighted by atomic mass is 10.1. The molecular weight excluding hydrogens is 329 g/mol. The second kappa shape index (κ2) is 6.48. The number of aromatic nitrogens is 1. The second-order valence-corrected chi connectivity index (χ2v) is 5.95. The molecule has 0 atom stereocenters. The molecule has 0 spiro atoms. The molecule has 0 radical (unpaired) electrons. The lowest BCUT2D eigenvalue weighted by Crippen LogP contribution is -2.10. The highest BCUT2D eigenvalue weighted by Crippen LogP contribution is 2.29. The van der Waals surface area contributed by atoms with Crippen LogP contribution in [0.4, 0.5) is 4.39 Å². The van der Waals surface area contributed by atoms with Crippen LogP contribution in [0.5, 0.6) is 5.75 Å². The Labute approximate surface area is 149 Å². The Kier molecular flexibility index (Phi) is 4.01. The van der Waals surface area contributed by atoms with E-state index in [1.165, 1.54) is 12.1 Å². The number of benzene rings is 3. The van der Waals surface area contributed by atoms with Crippen LogP contribution < -0.4 is 10.2 Å². The van der Waals surface area contributed by atoms with Crippen LogP contribution >= 0.6 is 0 Å². The monoisotopic (exact) mass is 345 g/mol. The first-order valence-corrected chi connectivity index (χ1v) is 8.22. The summed E-state index contributed by atoms with van der Waals surface area (Å²) < 4.78 is 20.7. The van der Waals surface area contributed by atoms with Gasteiger partial charge in [-0.15, -0.1) is 0 Å². The maximum Gasteiger partial charge on any atom is 0.190 e. The molecule has 1 aromatic heterocycles. The number of pyridine rings is 1. The van der Waals surface area contributed by atoms with Gasteiger partial charge in [-0.05, 0) is 48.5 Å². The van der Waals surface area contributed by atoms with Crippen molar-refractivity contribution in [3.8, 4) is 22.7 Å². The molecule has 0 aliphatic rings. The van der Waals surface area contributed by atoms with Crippen molar-refractivity contribution in [1.82, 2.24) is 4.57 Å². The van der Waals surface area contributed by atoms with Gasteiger partial charge in [-0.25, -0.2) is 4.39 Å². The van der Waals surface area contributed by atoms with E-state index < -0.39 is 0 Å². The highest BCUT2D eigenvalue weighted by molar-refractivity contribution is 5.84. The van der Waals surface area contributed by atoms with Gasteiger partial charge >= 0.3 is 0 Å². The molecule has 4 rings (SSSR count). The van der Waals surface area contributed by atoms with Crippen LogP contribution in [-0.2, 0) is 0 Å². The summed E-state index contributed by atoms with van der Waals surface area (Å²) in [5.74, 6) is 0.399. The van der Waals surface area contributed by atoms with Crippen molar-refractivity contribution in [2.24, 2.45) is 0 Å². The van der Waals surface area contributed by atoms with Gasteiger partial charge in [0.2, 0.25) is 0 Å². The molecule has 26 heavy (non-hydrogen) atoms. The zero-order valence-electron chi connectivity index (χ0n) is 14.1. The fourth-order valence-corrected chi connectivity index (χ4v) is 3.14. The number of rotatable bonds is 3. The van der Waals surface area contributed by atoms with Gasteiger partial charge in [0.25, 0.3) is 0 Å². The summed E-state index contributed by atoms with van der Waals surface area (Å²) in [6.45, 7) is 0. The van der Waals surface area contributed by atoms with Gasteiger partial charge in [0.15, 0.2) is 5.43 Å². The quantitative estimate of drug-likeness (QED) is 0.534. The summed E-state index contributed by atoms with van der Waals surface area (Å²) in [5, 5.41) is 0.614. The topological polar surface area (TPSA) is 31.2 Å². The molecule has 4 heteroatoms. The summed E-state index contributed by atoms with van der Waals surface area (Å²) in [4.78, 5) is 12.7. The van der Waals surface area contributed by atoms with Gasteiger partial charge in [-0.2, -0.15) is 0 Å². The number of fused-ring (bicyclic) bond motifs is 1. The van der Waals surface area contributed by atoms with Crippen LogP contribution in [-0.4, -0.2) is 11.7 Å². The van der Waals surface area contributed by atoms with E-state index in [1.54, 1.807) is 31.4 Å². The first-order chi connectivity index (χ1) is 12.7. The molecule has 0 saturated carbocycles. The van der Waals surface area contributed by atoms with Crippen LogP contribution in [0.2, 0.25) is 0 Å². The van der Waals surface area contributed by atoms with Gasteiger partial charge in [0, 0.05) is 22.7 Å². The van der Waals surface area contributed by atoms with Gasteiger partial charge < -0.3 is 9.30 Å². The van der Waals surface area contributed by atoms with Crippen molar-refractivity contribution in [1.29, 1.82) is 0 Å². The van der Waals surface area contributed by atoms with Gasteiger partial charge in [0.1, 0.15) is 11.6 Å². The fourth-order valence-electron chi connectivity index (χ4n) is 3.14. The Morgan fingerprint density at radius 3 is 2.42 bits per heavy atom. The number of hydrogen-bond donors (Lipinski definition) is 0. The van der Waals surface area contributed by atoms with Gasteiger partial charge in [-0.1, -0.05) is 24.3 Å². The summed E-state index contributed by atoms with van der Waals surface area (Å²) in [7, 11) is 1.60. The van der Waals surface area contributed by atoms with E-state index in [9.17, 15) is 9.18 Å². The molecule has 4 aromatic rings. The molecule has 0 amide bonds. The van der Waals surface area contributed by atoms with E-state index in [1.807, 2.05) is 47.0 Å². The average Bonchev–Trinajstić information content (AvgIpc) is 2.69. The van der Waals surface area contributed by atoms with E-state index in [0.29, 0.717) is 11.1 Å². The maximum atomic E-state index is 13.4. The molecule has 0 bridgehead atoms. The fraction of sp³-hybridized carbons (Fsp3) is 0.0455. The third kappa shape index (κ3) is 2.75. The maximum absolute atomic E-state index is 13.4. The molecule has 0 unspecified atom stereocenters. The average molecular weight is 345 g/mol. The molecule has 3 aromatic carbocycles. The van der Waals surface area contributed by atoms with Crippen molar-refractivity contribution in [3.63, 3.8) is 0 Å². The number of para-hydroxylation sites is 1. The first-order valence-electron chi connectivity index (χ1n) is 8.22. The largest absolute Gasteiger partial charge is 0.497 e. The summed E-state index contributed by atoms with van der Waals surface area (Å²) in [5.41, 5.74) is 3.05. The van der Waals surface area contributed by atoms with E-state index >= 15 is 0 Å². The lowest BCUT2D eigenvalue weighted by molar-refractivity contribution is 0.415. The smallest absolute Gasteiger partial charge is 0.190 e. The summed E-state index contributed by atoms with van der Waals surface area (Å²) in [6, 6.07) is 22.8. The van der Waals surface area contributed by atoms with Gasteiger partial charge in [0.05, 0.1) is 18.3 Å². The van der Waals surface area contributed by atoms with E-state index in [0.717, 1.165) is 22.5 Å². The zero-order chi connectivity index (χ0) is 18.1.